The normalized spacial score (nSPS) is 15.2. The summed E-state index contributed by atoms with van der Waals surface area (Å²) in [6.45, 7) is 5.69. The Morgan fingerprint density at radius 3 is 2.63 bits per heavy atom. The molecule has 7 nitrogen and oxygen atoms in total. The van der Waals surface area contributed by atoms with E-state index in [0.717, 1.165) is 36.7 Å². The van der Waals surface area contributed by atoms with Crippen LogP contribution in [-0.4, -0.2) is 52.0 Å². The number of benzene rings is 1. The number of oxazole rings is 1. The number of piperazine rings is 1. The van der Waals surface area contributed by atoms with Crippen LogP contribution in [0.4, 0.5) is 0 Å². The molecule has 0 bridgehead atoms. The lowest BCUT2D eigenvalue weighted by molar-refractivity contribution is -0.132. The van der Waals surface area contributed by atoms with Gasteiger partial charge in [-0.05, 0) is 19.1 Å². The van der Waals surface area contributed by atoms with Crippen LogP contribution in [0.5, 0.6) is 0 Å². The first-order valence-electron chi connectivity index (χ1n) is 9.09. The van der Waals surface area contributed by atoms with Crippen molar-refractivity contribution in [2.24, 2.45) is 0 Å². The zero-order chi connectivity index (χ0) is 18.6. The van der Waals surface area contributed by atoms with Crippen LogP contribution in [0.1, 0.15) is 17.1 Å². The summed E-state index contributed by atoms with van der Waals surface area (Å²) >= 11 is 0. The number of aryl methyl sites for hydroxylation is 1. The lowest BCUT2D eigenvalue weighted by Crippen LogP contribution is -2.48. The van der Waals surface area contributed by atoms with Crippen molar-refractivity contribution in [1.29, 1.82) is 0 Å². The van der Waals surface area contributed by atoms with Gasteiger partial charge in [0.15, 0.2) is 5.76 Å². The summed E-state index contributed by atoms with van der Waals surface area (Å²) < 4.78 is 10.8. The number of carbonyl (C=O) groups is 1. The number of rotatable bonds is 5. The van der Waals surface area contributed by atoms with Crippen LogP contribution in [0, 0.1) is 6.92 Å². The molecule has 3 aromatic rings. The molecule has 2 aromatic heterocycles. The first-order valence-corrected chi connectivity index (χ1v) is 9.09. The van der Waals surface area contributed by atoms with E-state index in [1.54, 1.807) is 6.26 Å². The average molecular weight is 366 g/mol. The van der Waals surface area contributed by atoms with Crippen molar-refractivity contribution < 1.29 is 13.7 Å². The summed E-state index contributed by atoms with van der Waals surface area (Å²) in [5, 5.41) is 3.91. The van der Waals surface area contributed by atoms with Crippen LogP contribution in [-0.2, 0) is 17.8 Å². The van der Waals surface area contributed by atoms with Crippen LogP contribution in [0.15, 0.2) is 51.6 Å². The third kappa shape index (κ3) is 4.25. The molecular formula is C20H22N4O3. The number of nitrogens with zero attached hydrogens (tertiary/aromatic N) is 4. The van der Waals surface area contributed by atoms with Gasteiger partial charge in [-0.2, -0.15) is 0 Å². The van der Waals surface area contributed by atoms with Crippen LogP contribution >= 0.6 is 0 Å². The summed E-state index contributed by atoms with van der Waals surface area (Å²) in [6.07, 6.45) is 1.83. The van der Waals surface area contributed by atoms with E-state index >= 15 is 0 Å². The average Bonchev–Trinajstić information content (AvgIpc) is 3.32. The molecule has 3 heterocycles. The maximum atomic E-state index is 12.6. The Balaban J connectivity index is 1.29. The minimum Gasteiger partial charge on any atom is -0.444 e. The van der Waals surface area contributed by atoms with Gasteiger partial charge >= 0.3 is 0 Å². The Morgan fingerprint density at radius 1 is 1.15 bits per heavy atom. The number of hydrogen-bond acceptors (Lipinski definition) is 6. The molecule has 27 heavy (non-hydrogen) atoms. The Labute approximate surface area is 157 Å². The molecular weight excluding hydrogens is 344 g/mol. The van der Waals surface area contributed by atoms with Crippen molar-refractivity contribution in [2.75, 3.05) is 26.2 Å². The zero-order valence-corrected chi connectivity index (χ0v) is 15.3. The molecule has 0 aliphatic carbocycles. The molecule has 0 saturated carbocycles. The quantitative estimate of drug-likeness (QED) is 0.691. The molecule has 0 atom stereocenters. The standard InChI is InChI=1S/C20H22N4O3/c1-15-11-18(27-22-15)13-23-7-9-24(10-8-23)19(25)12-17-14-26-20(21-17)16-5-3-2-4-6-16/h2-6,11,14H,7-10,12-13H2,1H3. The van der Waals surface area contributed by atoms with E-state index in [2.05, 4.69) is 15.0 Å². The second-order valence-corrected chi connectivity index (χ2v) is 6.78. The number of hydrogen-bond donors (Lipinski definition) is 0. The smallest absolute Gasteiger partial charge is 0.228 e. The molecule has 4 rings (SSSR count). The molecule has 0 radical (unpaired) electrons. The highest BCUT2D eigenvalue weighted by Crippen LogP contribution is 2.18. The topological polar surface area (TPSA) is 75.6 Å². The van der Waals surface area contributed by atoms with Gasteiger partial charge in [0.1, 0.15) is 6.26 Å². The molecule has 0 spiro atoms. The van der Waals surface area contributed by atoms with Gasteiger partial charge in [0.25, 0.3) is 0 Å². The van der Waals surface area contributed by atoms with Gasteiger partial charge in [-0.15, -0.1) is 0 Å². The molecule has 1 aromatic carbocycles. The van der Waals surface area contributed by atoms with Gasteiger partial charge in [0.05, 0.1) is 24.4 Å². The monoisotopic (exact) mass is 366 g/mol. The van der Waals surface area contributed by atoms with Crippen LogP contribution in [0.3, 0.4) is 0 Å². The SMILES string of the molecule is Cc1cc(CN2CCN(C(=O)Cc3coc(-c4ccccc4)n3)CC2)on1. The van der Waals surface area contributed by atoms with Gasteiger partial charge in [0.2, 0.25) is 11.8 Å². The lowest BCUT2D eigenvalue weighted by atomic mass is 10.2. The molecule has 0 unspecified atom stereocenters. The first-order chi connectivity index (χ1) is 13.2. The molecule has 1 aliphatic rings. The van der Waals surface area contributed by atoms with Crippen LogP contribution in [0.2, 0.25) is 0 Å². The third-order valence-electron chi connectivity index (χ3n) is 4.69. The Morgan fingerprint density at radius 2 is 1.93 bits per heavy atom. The van der Waals surface area contributed by atoms with Crippen molar-refractivity contribution >= 4 is 5.91 Å². The summed E-state index contributed by atoms with van der Waals surface area (Å²) in [6, 6.07) is 11.6. The van der Waals surface area contributed by atoms with Gasteiger partial charge < -0.3 is 13.8 Å². The fourth-order valence-electron chi connectivity index (χ4n) is 3.23. The number of amides is 1. The third-order valence-corrected chi connectivity index (χ3v) is 4.69. The Hall–Kier alpha value is -2.93. The van der Waals surface area contributed by atoms with E-state index in [-0.39, 0.29) is 12.3 Å². The molecule has 1 fully saturated rings. The Kier molecular flexibility index (Phi) is 5.02. The second kappa shape index (κ2) is 7.75. The summed E-state index contributed by atoms with van der Waals surface area (Å²) in [5.74, 6) is 1.49. The maximum Gasteiger partial charge on any atom is 0.228 e. The van der Waals surface area contributed by atoms with Crippen LogP contribution in [0.25, 0.3) is 11.5 Å². The van der Waals surface area contributed by atoms with E-state index < -0.39 is 0 Å². The van der Waals surface area contributed by atoms with Gasteiger partial charge in [-0.25, -0.2) is 4.98 Å². The van der Waals surface area contributed by atoms with E-state index in [4.69, 9.17) is 8.94 Å². The summed E-state index contributed by atoms with van der Waals surface area (Å²) in [7, 11) is 0. The summed E-state index contributed by atoms with van der Waals surface area (Å²) in [4.78, 5) is 21.2. The first kappa shape index (κ1) is 17.5. The molecule has 1 aliphatic heterocycles. The van der Waals surface area contributed by atoms with Gasteiger partial charge in [-0.3, -0.25) is 9.69 Å². The fourth-order valence-corrected chi connectivity index (χ4v) is 3.23. The largest absolute Gasteiger partial charge is 0.444 e. The van der Waals surface area contributed by atoms with E-state index in [1.165, 1.54) is 0 Å². The maximum absolute atomic E-state index is 12.6. The number of aromatic nitrogens is 2. The molecule has 1 amide bonds. The van der Waals surface area contributed by atoms with E-state index in [0.29, 0.717) is 24.7 Å². The van der Waals surface area contributed by atoms with Gasteiger partial charge in [-0.1, -0.05) is 23.4 Å². The number of carbonyl (C=O) groups excluding carboxylic acids is 1. The van der Waals surface area contributed by atoms with Crippen molar-refractivity contribution in [3.63, 3.8) is 0 Å². The van der Waals surface area contributed by atoms with Crippen molar-refractivity contribution in [3.05, 3.63) is 59.8 Å². The van der Waals surface area contributed by atoms with Crippen LogP contribution < -0.4 is 0 Å². The summed E-state index contributed by atoms with van der Waals surface area (Å²) in [5.41, 5.74) is 2.46. The minimum atomic E-state index is 0.0815. The highest BCUT2D eigenvalue weighted by Gasteiger charge is 2.23. The fraction of sp³-hybridized carbons (Fsp3) is 0.350. The van der Waals surface area contributed by atoms with Gasteiger partial charge in [0, 0.05) is 37.8 Å². The van der Waals surface area contributed by atoms with E-state index in [9.17, 15) is 4.79 Å². The molecule has 0 N–H and O–H groups in total. The lowest BCUT2D eigenvalue weighted by Gasteiger charge is -2.34. The minimum absolute atomic E-state index is 0.0815. The van der Waals surface area contributed by atoms with E-state index in [1.807, 2.05) is 48.2 Å². The van der Waals surface area contributed by atoms with Crippen molar-refractivity contribution in [3.8, 4) is 11.5 Å². The predicted octanol–water partition coefficient (Wildman–Crippen LogP) is 2.52. The molecule has 7 heteroatoms. The Bertz CT molecular complexity index is 895. The predicted molar refractivity (Wildman–Crippen MR) is 98.7 cm³/mol. The molecule has 140 valence electrons. The van der Waals surface area contributed by atoms with Crippen molar-refractivity contribution in [1.82, 2.24) is 19.9 Å². The van der Waals surface area contributed by atoms with Crippen molar-refractivity contribution in [2.45, 2.75) is 19.9 Å². The highest BCUT2D eigenvalue weighted by molar-refractivity contribution is 5.78. The highest BCUT2D eigenvalue weighted by atomic mass is 16.5. The second-order valence-electron chi connectivity index (χ2n) is 6.78. The molecule has 1 saturated heterocycles. The zero-order valence-electron chi connectivity index (χ0n) is 15.3.